The lowest BCUT2D eigenvalue weighted by Crippen LogP contribution is -2.19. The molecule has 0 bridgehead atoms. The highest BCUT2D eigenvalue weighted by molar-refractivity contribution is 6.04. The van der Waals surface area contributed by atoms with Crippen LogP contribution in [-0.2, 0) is 13.6 Å². The topological polar surface area (TPSA) is 75.9 Å². The zero-order chi connectivity index (χ0) is 21.2. The Bertz CT molecular complexity index is 1240. The summed E-state index contributed by atoms with van der Waals surface area (Å²) in [7, 11) is 1.93. The van der Waals surface area contributed by atoms with Crippen LogP contribution in [0.5, 0.6) is 0 Å². The second kappa shape index (κ2) is 8.28. The molecule has 4 aromatic rings. The van der Waals surface area contributed by atoms with Crippen LogP contribution in [0.15, 0.2) is 61.2 Å². The molecule has 7 heteroatoms. The minimum atomic E-state index is -0.169. The molecule has 7 nitrogen and oxygen atoms in total. The van der Waals surface area contributed by atoms with E-state index in [0.717, 1.165) is 47.5 Å². The van der Waals surface area contributed by atoms with Gasteiger partial charge in [0.25, 0.3) is 5.91 Å². The van der Waals surface area contributed by atoms with Crippen molar-refractivity contribution in [2.45, 2.75) is 19.4 Å². The van der Waals surface area contributed by atoms with E-state index in [9.17, 15) is 4.79 Å². The van der Waals surface area contributed by atoms with Gasteiger partial charge in [-0.05, 0) is 55.8 Å². The van der Waals surface area contributed by atoms with E-state index in [1.165, 1.54) is 12.8 Å². The number of carbonyl (C=O) groups is 1. The van der Waals surface area contributed by atoms with Gasteiger partial charge in [-0.15, -0.1) is 0 Å². The number of amides is 1. The van der Waals surface area contributed by atoms with E-state index in [4.69, 9.17) is 4.98 Å². The Kier molecular flexibility index (Phi) is 5.18. The average molecular weight is 412 g/mol. The number of benzene rings is 1. The van der Waals surface area contributed by atoms with E-state index in [2.05, 4.69) is 26.3 Å². The van der Waals surface area contributed by atoms with Crippen molar-refractivity contribution in [3.05, 3.63) is 72.3 Å². The largest absolute Gasteiger partial charge is 0.332 e. The summed E-state index contributed by atoms with van der Waals surface area (Å²) in [6.45, 7) is 3.15. The molecule has 0 atom stereocenters. The summed E-state index contributed by atoms with van der Waals surface area (Å²) in [5.41, 5.74) is 4.31. The molecule has 1 aliphatic rings. The molecule has 156 valence electrons. The first-order valence-corrected chi connectivity index (χ1v) is 10.5. The van der Waals surface area contributed by atoms with Gasteiger partial charge in [0.2, 0.25) is 0 Å². The first kappa shape index (κ1) is 19.4. The second-order valence-corrected chi connectivity index (χ2v) is 7.99. The van der Waals surface area contributed by atoms with E-state index in [0.29, 0.717) is 11.4 Å². The summed E-state index contributed by atoms with van der Waals surface area (Å²) >= 11 is 0. The number of aryl methyl sites for hydroxylation is 1. The van der Waals surface area contributed by atoms with Crippen molar-refractivity contribution in [1.29, 1.82) is 0 Å². The third kappa shape index (κ3) is 4.18. The molecular formula is C24H24N6O. The van der Waals surface area contributed by atoms with Gasteiger partial charge in [-0.25, -0.2) is 15.0 Å². The fourth-order valence-electron chi connectivity index (χ4n) is 4.03. The fourth-order valence-corrected chi connectivity index (χ4v) is 4.03. The zero-order valence-corrected chi connectivity index (χ0v) is 17.5. The van der Waals surface area contributed by atoms with Crippen molar-refractivity contribution in [3.63, 3.8) is 0 Å². The number of imidazole rings is 1. The maximum atomic E-state index is 12.8. The van der Waals surface area contributed by atoms with Gasteiger partial charge < -0.3 is 9.88 Å². The van der Waals surface area contributed by atoms with Crippen LogP contribution in [-0.4, -0.2) is 43.4 Å². The lowest BCUT2D eigenvalue weighted by Gasteiger charge is -2.15. The molecule has 0 radical (unpaired) electrons. The van der Waals surface area contributed by atoms with Crippen molar-refractivity contribution in [2.24, 2.45) is 7.05 Å². The Balaban J connectivity index is 1.36. The van der Waals surface area contributed by atoms with Crippen LogP contribution >= 0.6 is 0 Å². The second-order valence-electron chi connectivity index (χ2n) is 7.99. The minimum absolute atomic E-state index is 0.169. The number of rotatable bonds is 5. The molecule has 1 N–H and O–H groups in total. The smallest absolute Gasteiger partial charge is 0.256 e. The number of nitrogens with one attached hydrogen (secondary N) is 1. The third-order valence-corrected chi connectivity index (χ3v) is 5.69. The maximum Gasteiger partial charge on any atom is 0.256 e. The number of fused-ring (bicyclic) bond motifs is 1. The van der Waals surface area contributed by atoms with Gasteiger partial charge >= 0.3 is 0 Å². The molecule has 0 spiro atoms. The molecule has 4 heterocycles. The molecular weight excluding hydrogens is 388 g/mol. The van der Waals surface area contributed by atoms with Crippen LogP contribution < -0.4 is 5.32 Å². The normalized spacial score (nSPS) is 14.2. The Morgan fingerprint density at radius 1 is 1.10 bits per heavy atom. The Hall–Kier alpha value is -3.58. The molecule has 1 amide bonds. The first-order valence-electron chi connectivity index (χ1n) is 10.5. The van der Waals surface area contributed by atoms with E-state index in [-0.39, 0.29) is 5.91 Å². The van der Waals surface area contributed by atoms with E-state index >= 15 is 0 Å². The summed E-state index contributed by atoms with van der Waals surface area (Å²) in [6, 6.07) is 13.6. The van der Waals surface area contributed by atoms with Gasteiger partial charge in [0.15, 0.2) is 0 Å². The van der Waals surface area contributed by atoms with Gasteiger partial charge in [-0.2, -0.15) is 0 Å². The summed E-state index contributed by atoms with van der Waals surface area (Å²) in [4.78, 5) is 28.5. The summed E-state index contributed by atoms with van der Waals surface area (Å²) in [5.74, 6) is 0.315. The third-order valence-electron chi connectivity index (χ3n) is 5.69. The number of hydrogen-bond donors (Lipinski definition) is 1. The van der Waals surface area contributed by atoms with Gasteiger partial charge in [0.1, 0.15) is 5.82 Å². The van der Waals surface area contributed by atoms with Crippen LogP contribution in [0.4, 0.5) is 5.82 Å². The number of anilines is 1. The van der Waals surface area contributed by atoms with Crippen molar-refractivity contribution in [2.75, 3.05) is 18.4 Å². The molecule has 1 saturated heterocycles. The summed E-state index contributed by atoms with van der Waals surface area (Å²) in [6.07, 6.45) is 7.77. The quantitative estimate of drug-likeness (QED) is 0.538. The molecule has 5 rings (SSSR count). The SMILES string of the molecule is Cn1cncc1-c1ccc2cnc(NC(=O)c3cccc(CN4CCCC4)c3)cc2n1. The molecule has 1 aliphatic heterocycles. The summed E-state index contributed by atoms with van der Waals surface area (Å²) < 4.78 is 1.92. The van der Waals surface area contributed by atoms with Crippen molar-refractivity contribution >= 4 is 22.6 Å². The van der Waals surface area contributed by atoms with Crippen molar-refractivity contribution < 1.29 is 4.79 Å². The number of carbonyl (C=O) groups excluding carboxylic acids is 1. The zero-order valence-electron chi connectivity index (χ0n) is 17.5. The van der Waals surface area contributed by atoms with Crippen LogP contribution in [0.3, 0.4) is 0 Å². The maximum absolute atomic E-state index is 12.8. The number of aromatic nitrogens is 4. The van der Waals surface area contributed by atoms with E-state index in [1.54, 1.807) is 24.8 Å². The summed E-state index contributed by atoms with van der Waals surface area (Å²) in [5, 5.41) is 3.83. The molecule has 0 unspecified atom stereocenters. The standard InChI is InChI=1S/C24H24N6O/c1-29-16-25-14-22(29)20-8-7-19-13-26-23(12-21(19)27-20)28-24(31)18-6-4-5-17(11-18)15-30-9-2-3-10-30/h4-8,11-14,16H,2-3,9-10,15H2,1H3,(H,26,28,31). The van der Waals surface area contributed by atoms with Gasteiger partial charge in [-0.1, -0.05) is 12.1 Å². The Morgan fingerprint density at radius 2 is 1.97 bits per heavy atom. The highest BCUT2D eigenvalue weighted by Crippen LogP contribution is 2.22. The monoisotopic (exact) mass is 412 g/mol. The number of hydrogen-bond acceptors (Lipinski definition) is 5. The minimum Gasteiger partial charge on any atom is -0.332 e. The van der Waals surface area contributed by atoms with E-state index in [1.807, 2.05) is 41.9 Å². The highest BCUT2D eigenvalue weighted by atomic mass is 16.1. The lowest BCUT2D eigenvalue weighted by molar-refractivity contribution is 0.102. The fraction of sp³-hybridized carbons (Fsp3) is 0.250. The van der Waals surface area contributed by atoms with Gasteiger partial charge in [0, 0.05) is 36.8 Å². The van der Waals surface area contributed by atoms with E-state index < -0.39 is 0 Å². The van der Waals surface area contributed by atoms with Gasteiger partial charge in [-0.3, -0.25) is 9.69 Å². The van der Waals surface area contributed by atoms with Crippen molar-refractivity contribution in [1.82, 2.24) is 24.4 Å². The Morgan fingerprint density at radius 3 is 2.77 bits per heavy atom. The van der Waals surface area contributed by atoms with Crippen LogP contribution in [0.25, 0.3) is 22.3 Å². The molecule has 0 saturated carbocycles. The molecule has 3 aromatic heterocycles. The van der Waals surface area contributed by atoms with Crippen LogP contribution in [0.2, 0.25) is 0 Å². The first-order chi connectivity index (χ1) is 15.2. The highest BCUT2D eigenvalue weighted by Gasteiger charge is 2.14. The van der Waals surface area contributed by atoms with Gasteiger partial charge in [0.05, 0.1) is 29.4 Å². The number of likely N-dealkylation sites (tertiary alicyclic amines) is 1. The van der Waals surface area contributed by atoms with Crippen LogP contribution in [0, 0.1) is 0 Å². The molecule has 1 fully saturated rings. The van der Waals surface area contributed by atoms with Crippen molar-refractivity contribution in [3.8, 4) is 11.4 Å². The van der Waals surface area contributed by atoms with Crippen LogP contribution in [0.1, 0.15) is 28.8 Å². The molecule has 1 aromatic carbocycles. The predicted octanol–water partition coefficient (Wildman–Crippen LogP) is 3.88. The molecule has 0 aliphatic carbocycles. The number of pyridine rings is 2. The molecule has 31 heavy (non-hydrogen) atoms. The number of nitrogens with zero attached hydrogens (tertiary/aromatic N) is 5. The Labute approximate surface area is 180 Å². The average Bonchev–Trinajstić information content (AvgIpc) is 3.45. The lowest BCUT2D eigenvalue weighted by atomic mass is 10.1. The predicted molar refractivity (Wildman–Crippen MR) is 121 cm³/mol.